The molecule has 2 rings (SSSR count). The van der Waals surface area contributed by atoms with Crippen molar-refractivity contribution in [3.8, 4) is 6.07 Å². The van der Waals surface area contributed by atoms with Gasteiger partial charge in [-0.2, -0.15) is 17.0 Å². The maximum Gasteiger partial charge on any atom is 0.182 e. The number of nitrogens with one attached hydrogen (secondary N) is 1. The molecule has 1 aromatic heterocycles. The van der Waals surface area contributed by atoms with E-state index >= 15 is 0 Å². The molecule has 78 valence electrons. The normalized spacial score (nSPS) is 20.6. The Kier molecular flexibility index (Phi) is 3.41. The Morgan fingerprint density at radius 3 is 3.07 bits per heavy atom. The van der Waals surface area contributed by atoms with Gasteiger partial charge in [0.2, 0.25) is 0 Å². The molecular weight excluding hydrogens is 208 g/mol. The number of anilines is 1. The van der Waals surface area contributed by atoms with Crippen LogP contribution in [0.5, 0.6) is 0 Å². The van der Waals surface area contributed by atoms with Gasteiger partial charge in [-0.25, -0.2) is 9.97 Å². The van der Waals surface area contributed by atoms with E-state index in [9.17, 15) is 0 Å². The molecule has 15 heavy (non-hydrogen) atoms. The maximum atomic E-state index is 8.85. The molecular formula is C10H12N4S. The number of nitrogens with zero attached hydrogens (tertiary/aromatic N) is 3. The zero-order valence-electron chi connectivity index (χ0n) is 8.31. The van der Waals surface area contributed by atoms with E-state index in [4.69, 9.17) is 5.26 Å². The lowest BCUT2D eigenvalue weighted by Gasteiger charge is -2.22. The Labute approximate surface area is 93.1 Å². The molecule has 1 atom stereocenters. The van der Waals surface area contributed by atoms with Crippen LogP contribution in [0.3, 0.4) is 0 Å². The van der Waals surface area contributed by atoms with Crippen LogP contribution in [-0.4, -0.2) is 27.5 Å². The number of nitriles is 1. The van der Waals surface area contributed by atoms with Gasteiger partial charge in [0.25, 0.3) is 0 Å². The average molecular weight is 220 g/mol. The summed E-state index contributed by atoms with van der Waals surface area (Å²) in [6.07, 6.45) is 5.53. The summed E-state index contributed by atoms with van der Waals surface area (Å²) in [7, 11) is 0. The van der Waals surface area contributed by atoms with Crippen molar-refractivity contribution in [3.05, 3.63) is 18.1 Å². The van der Waals surface area contributed by atoms with Crippen LogP contribution in [0.4, 0.5) is 5.82 Å². The molecule has 2 heterocycles. The lowest BCUT2D eigenvalue weighted by molar-refractivity contribution is 0.681. The molecule has 1 fully saturated rings. The second kappa shape index (κ2) is 4.99. The molecule has 1 aromatic rings. The quantitative estimate of drug-likeness (QED) is 0.821. The Morgan fingerprint density at radius 1 is 1.47 bits per heavy atom. The van der Waals surface area contributed by atoms with Gasteiger partial charge in [0.15, 0.2) is 11.5 Å². The SMILES string of the molecule is N#Cc1nccnc1NC1CCCSC1. The third kappa shape index (κ3) is 2.60. The van der Waals surface area contributed by atoms with Crippen LogP contribution in [0.2, 0.25) is 0 Å². The fourth-order valence-electron chi connectivity index (χ4n) is 1.57. The van der Waals surface area contributed by atoms with Gasteiger partial charge in [-0.15, -0.1) is 0 Å². The minimum Gasteiger partial charge on any atom is -0.364 e. The number of hydrogen-bond donors (Lipinski definition) is 1. The molecule has 4 nitrogen and oxygen atoms in total. The summed E-state index contributed by atoms with van der Waals surface area (Å²) >= 11 is 1.94. The summed E-state index contributed by atoms with van der Waals surface area (Å²) in [5.41, 5.74) is 0.382. The van der Waals surface area contributed by atoms with Crippen molar-refractivity contribution in [3.63, 3.8) is 0 Å². The predicted molar refractivity (Wildman–Crippen MR) is 60.7 cm³/mol. The Bertz CT molecular complexity index is 368. The summed E-state index contributed by atoms with van der Waals surface area (Å²) in [6.45, 7) is 0. The van der Waals surface area contributed by atoms with Crippen LogP contribution in [0.15, 0.2) is 12.4 Å². The standard InChI is InChI=1S/C10H12N4S/c11-6-9-10(13-4-3-12-9)14-8-2-1-5-15-7-8/h3-4,8H,1-2,5,7H2,(H,13,14). The first kappa shape index (κ1) is 10.2. The van der Waals surface area contributed by atoms with Gasteiger partial charge in [-0.05, 0) is 18.6 Å². The maximum absolute atomic E-state index is 8.85. The van der Waals surface area contributed by atoms with Crippen molar-refractivity contribution in [2.45, 2.75) is 18.9 Å². The molecule has 0 amide bonds. The first-order chi connectivity index (χ1) is 7.40. The van der Waals surface area contributed by atoms with Gasteiger partial charge in [0.1, 0.15) is 6.07 Å². The summed E-state index contributed by atoms with van der Waals surface area (Å²) in [5, 5.41) is 12.1. The molecule has 0 bridgehead atoms. The summed E-state index contributed by atoms with van der Waals surface area (Å²) in [4.78, 5) is 8.11. The van der Waals surface area contributed by atoms with Gasteiger partial charge in [0, 0.05) is 24.2 Å². The first-order valence-electron chi connectivity index (χ1n) is 4.95. The van der Waals surface area contributed by atoms with Crippen LogP contribution >= 0.6 is 11.8 Å². The molecule has 0 aliphatic carbocycles. The van der Waals surface area contributed by atoms with Crippen LogP contribution in [0.1, 0.15) is 18.5 Å². The highest BCUT2D eigenvalue weighted by molar-refractivity contribution is 7.99. The van der Waals surface area contributed by atoms with E-state index in [2.05, 4.69) is 15.3 Å². The summed E-state index contributed by atoms with van der Waals surface area (Å²) in [5.74, 6) is 2.94. The minimum absolute atomic E-state index is 0.382. The van der Waals surface area contributed by atoms with Crippen LogP contribution in [-0.2, 0) is 0 Å². The molecule has 5 heteroatoms. The molecule has 1 N–H and O–H groups in total. The Morgan fingerprint density at radius 2 is 2.33 bits per heavy atom. The molecule has 0 saturated carbocycles. The highest BCUT2D eigenvalue weighted by atomic mass is 32.2. The highest BCUT2D eigenvalue weighted by Crippen LogP contribution is 2.20. The molecule has 1 saturated heterocycles. The molecule has 1 aliphatic heterocycles. The van der Waals surface area contributed by atoms with Crippen LogP contribution < -0.4 is 5.32 Å². The lowest BCUT2D eigenvalue weighted by atomic mass is 10.2. The number of thioether (sulfide) groups is 1. The van der Waals surface area contributed by atoms with E-state index in [1.807, 2.05) is 17.8 Å². The fraction of sp³-hybridized carbons (Fsp3) is 0.500. The highest BCUT2D eigenvalue weighted by Gasteiger charge is 2.15. The molecule has 0 radical (unpaired) electrons. The zero-order valence-corrected chi connectivity index (χ0v) is 9.13. The topological polar surface area (TPSA) is 61.6 Å². The van der Waals surface area contributed by atoms with Gasteiger partial charge in [-0.1, -0.05) is 0 Å². The van der Waals surface area contributed by atoms with Crippen molar-refractivity contribution in [2.75, 3.05) is 16.8 Å². The van der Waals surface area contributed by atoms with E-state index in [1.54, 1.807) is 12.4 Å². The predicted octanol–water partition coefficient (Wildman–Crippen LogP) is 1.66. The monoisotopic (exact) mass is 220 g/mol. The number of hydrogen-bond acceptors (Lipinski definition) is 5. The molecule has 1 unspecified atom stereocenters. The third-order valence-corrected chi connectivity index (χ3v) is 3.52. The van der Waals surface area contributed by atoms with E-state index in [1.165, 1.54) is 12.2 Å². The third-order valence-electron chi connectivity index (χ3n) is 2.31. The van der Waals surface area contributed by atoms with Crippen molar-refractivity contribution in [2.24, 2.45) is 0 Å². The average Bonchev–Trinajstić information content (AvgIpc) is 2.31. The number of rotatable bonds is 2. The van der Waals surface area contributed by atoms with Crippen LogP contribution in [0.25, 0.3) is 0 Å². The van der Waals surface area contributed by atoms with Crippen molar-refractivity contribution >= 4 is 17.6 Å². The lowest BCUT2D eigenvalue weighted by Crippen LogP contribution is -2.26. The summed E-state index contributed by atoms with van der Waals surface area (Å²) in [6, 6.07) is 2.47. The van der Waals surface area contributed by atoms with Gasteiger partial charge in [0.05, 0.1) is 0 Å². The van der Waals surface area contributed by atoms with E-state index in [-0.39, 0.29) is 0 Å². The molecule has 0 aromatic carbocycles. The Balaban J connectivity index is 2.06. The smallest absolute Gasteiger partial charge is 0.182 e. The molecule has 0 spiro atoms. The first-order valence-corrected chi connectivity index (χ1v) is 6.11. The van der Waals surface area contributed by atoms with E-state index in [0.717, 1.165) is 12.2 Å². The Hall–Kier alpha value is -1.28. The van der Waals surface area contributed by atoms with Crippen molar-refractivity contribution < 1.29 is 0 Å². The summed E-state index contributed by atoms with van der Waals surface area (Å²) < 4.78 is 0. The second-order valence-corrected chi connectivity index (χ2v) is 4.57. The van der Waals surface area contributed by atoms with Crippen molar-refractivity contribution in [1.82, 2.24) is 9.97 Å². The van der Waals surface area contributed by atoms with Gasteiger partial charge < -0.3 is 5.32 Å². The van der Waals surface area contributed by atoms with E-state index < -0.39 is 0 Å². The minimum atomic E-state index is 0.382. The number of aromatic nitrogens is 2. The molecule has 1 aliphatic rings. The largest absolute Gasteiger partial charge is 0.364 e. The van der Waals surface area contributed by atoms with Gasteiger partial charge >= 0.3 is 0 Å². The fourth-order valence-corrected chi connectivity index (χ4v) is 2.65. The van der Waals surface area contributed by atoms with Gasteiger partial charge in [-0.3, -0.25) is 0 Å². The van der Waals surface area contributed by atoms with Crippen LogP contribution in [0, 0.1) is 11.3 Å². The second-order valence-electron chi connectivity index (χ2n) is 3.42. The van der Waals surface area contributed by atoms with Crippen molar-refractivity contribution in [1.29, 1.82) is 5.26 Å². The zero-order chi connectivity index (χ0) is 10.5. The van der Waals surface area contributed by atoms with E-state index in [0.29, 0.717) is 17.6 Å².